The van der Waals surface area contributed by atoms with Crippen LogP contribution in [0.15, 0.2) is 18.2 Å². The Kier molecular flexibility index (Phi) is 3.17. The first-order chi connectivity index (χ1) is 7.16. The van der Waals surface area contributed by atoms with Gasteiger partial charge in [0.15, 0.2) is 0 Å². The number of halogens is 1. The lowest BCUT2D eigenvalue weighted by molar-refractivity contribution is -0.0796. The molecule has 2 rings (SSSR count). The molecule has 0 aromatic heterocycles. The molecule has 0 radical (unpaired) electrons. The van der Waals surface area contributed by atoms with Gasteiger partial charge in [0.25, 0.3) is 0 Å². The minimum absolute atomic E-state index is 0.174. The van der Waals surface area contributed by atoms with Crippen molar-refractivity contribution in [2.24, 2.45) is 0 Å². The van der Waals surface area contributed by atoms with Crippen LogP contribution in [0.25, 0.3) is 0 Å². The van der Waals surface area contributed by atoms with E-state index in [9.17, 15) is 0 Å². The smallest absolute Gasteiger partial charge is 0.145 e. The second-order valence-electron chi connectivity index (χ2n) is 4.12. The van der Waals surface area contributed by atoms with Crippen LogP contribution in [0.1, 0.15) is 25.3 Å². The molecule has 1 aromatic rings. The number of ether oxygens (including phenoxy) is 2. The number of benzene rings is 1. The van der Waals surface area contributed by atoms with Gasteiger partial charge in [0.2, 0.25) is 0 Å². The van der Waals surface area contributed by atoms with Crippen LogP contribution in [0.4, 0.5) is 0 Å². The zero-order valence-electron chi connectivity index (χ0n) is 9.00. The summed E-state index contributed by atoms with van der Waals surface area (Å²) in [5, 5.41) is 0.688. The Morgan fingerprint density at radius 3 is 2.60 bits per heavy atom. The van der Waals surface area contributed by atoms with Crippen LogP contribution in [-0.2, 0) is 4.74 Å². The van der Waals surface area contributed by atoms with E-state index in [0.29, 0.717) is 24.2 Å². The van der Waals surface area contributed by atoms with Crippen molar-refractivity contribution in [2.45, 2.75) is 25.9 Å². The maximum Gasteiger partial charge on any atom is 0.145 e. The topological polar surface area (TPSA) is 18.5 Å². The fourth-order valence-electron chi connectivity index (χ4n) is 1.43. The highest BCUT2D eigenvalue weighted by Gasteiger charge is 2.21. The van der Waals surface area contributed by atoms with E-state index in [-0.39, 0.29) is 6.10 Å². The molecule has 2 nitrogen and oxygen atoms in total. The molecule has 1 fully saturated rings. The van der Waals surface area contributed by atoms with E-state index in [4.69, 9.17) is 21.1 Å². The van der Waals surface area contributed by atoms with Crippen molar-refractivity contribution in [3.8, 4) is 5.75 Å². The second kappa shape index (κ2) is 4.42. The van der Waals surface area contributed by atoms with E-state index in [1.807, 2.05) is 12.1 Å². The van der Waals surface area contributed by atoms with Crippen molar-refractivity contribution in [3.63, 3.8) is 0 Å². The van der Waals surface area contributed by atoms with Crippen molar-refractivity contribution in [1.82, 2.24) is 0 Å². The molecule has 0 aliphatic carbocycles. The fraction of sp³-hybridized carbons (Fsp3) is 0.500. The van der Waals surface area contributed by atoms with E-state index >= 15 is 0 Å². The van der Waals surface area contributed by atoms with Crippen LogP contribution in [0.5, 0.6) is 5.75 Å². The molecule has 0 bridgehead atoms. The van der Waals surface area contributed by atoms with E-state index in [1.165, 1.54) is 5.56 Å². The third-order valence-electron chi connectivity index (χ3n) is 2.52. The summed E-state index contributed by atoms with van der Waals surface area (Å²) in [5.74, 6) is 1.25. The van der Waals surface area contributed by atoms with E-state index in [2.05, 4.69) is 19.9 Å². The zero-order valence-corrected chi connectivity index (χ0v) is 9.75. The molecule has 1 aliphatic rings. The molecular formula is C12H15ClO2. The van der Waals surface area contributed by atoms with Gasteiger partial charge in [-0.1, -0.05) is 31.5 Å². The molecule has 0 N–H and O–H groups in total. The van der Waals surface area contributed by atoms with Gasteiger partial charge in [-0.3, -0.25) is 0 Å². The Labute approximate surface area is 95.1 Å². The highest BCUT2D eigenvalue weighted by molar-refractivity contribution is 6.32. The molecule has 0 spiro atoms. The van der Waals surface area contributed by atoms with Gasteiger partial charge in [0, 0.05) is 0 Å². The summed E-state index contributed by atoms with van der Waals surface area (Å²) >= 11 is 6.13. The summed E-state index contributed by atoms with van der Waals surface area (Å²) in [7, 11) is 0. The Morgan fingerprint density at radius 1 is 1.40 bits per heavy atom. The van der Waals surface area contributed by atoms with Crippen LogP contribution in [0, 0.1) is 0 Å². The van der Waals surface area contributed by atoms with Gasteiger partial charge in [-0.2, -0.15) is 0 Å². The molecule has 82 valence electrons. The lowest BCUT2D eigenvalue weighted by Gasteiger charge is -2.27. The number of hydrogen-bond acceptors (Lipinski definition) is 2. The molecular weight excluding hydrogens is 212 g/mol. The summed E-state index contributed by atoms with van der Waals surface area (Å²) in [5.41, 5.74) is 1.23. The number of hydrogen-bond donors (Lipinski definition) is 0. The van der Waals surface area contributed by atoms with Crippen molar-refractivity contribution in [2.75, 3.05) is 13.2 Å². The molecule has 1 saturated heterocycles. The van der Waals surface area contributed by atoms with Gasteiger partial charge in [-0.15, -0.1) is 0 Å². The third kappa shape index (κ3) is 2.44. The largest absolute Gasteiger partial charge is 0.484 e. The molecule has 1 aliphatic heterocycles. The molecule has 0 unspecified atom stereocenters. The average molecular weight is 227 g/mol. The third-order valence-corrected chi connectivity index (χ3v) is 2.82. The standard InChI is InChI=1S/C12H15ClO2/c1-8(2)9-3-4-12(11(13)5-9)15-10-6-14-7-10/h3-5,8,10H,6-7H2,1-2H3. The maximum absolute atomic E-state index is 6.13. The van der Waals surface area contributed by atoms with E-state index < -0.39 is 0 Å². The Hall–Kier alpha value is -0.730. The van der Waals surface area contributed by atoms with Gasteiger partial charge >= 0.3 is 0 Å². The molecule has 15 heavy (non-hydrogen) atoms. The first kappa shape index (κ1) is 10.8. The quantitative estimate of drug-likeness (QED) is 0.788. The number of rotatable bonds is 3. The van der Waals surface area contributed by atoms with Crippen LogP contribution in [-0.4, -0.2) is 19.3 Å². The molecule has 1 aromatic carbocycles. The lowest BCUT2D eigenvalue weighted by atomic mass is 10.0. The Balaban J connectivity index is 2.11. The van der Waals surface area contributed by atoms with Crippen molar-refractivity contribution in [3.05, 3.63) is 28.8 Å². The Morgan fingerprint density at radius 2 is 2.13 bits per heavy atom. The highest BCUT2D eigenvalue weighted by atomic mass is 35.5. The van der Waals surface area contributed by atoms with Crippen LogP contribution in [0.3, 0.4) is 0 Å². The van der Waals surface area contributed by atoms with Gasteiger partial charge < -0.3 is 9.47 Å². The van der Waals surface area contributed by atoms with E-state index in [1.54, 1.807) is 0 Å². The van der Waals surface area contributed by atoms with Gasteiger partial charge in [-0.05, 0) is 23.6 Å². The summed E-state index contributed by atoms with van der Waals surface area (Å²) in [6.07, 6.45) is 0.174. The van der Waals surface area contributed by atoms with Crippen molar-refractivity contribution < 1.29 is 9.47 Å². The fourth-order valence-corrected chi connectivity index (χ4v) is 1.67. The summed E-state index contributed by atoms with van der Waals surface area (Å²) < 4.78 is 10.7. The van der Waals surface area contributed by atoms with Crippen molar-refractivity contribution in [1.29, 1.82) is 0 Å². The predicted octanol–water partition coefficient (Wildman–Crippen LogP) is 3.24. The minimum atomic E-state index is 0.174. The average Bonchev–Trinajstić information content (AvgIpc) is 2.12. The van der Waals surface area contributed by atoms with Crippen LogP contribution < -0.4 is 4.74 Å². The SMILES string of the molecule is CC(C)c1ccc(OC2COC2)c(Cl)c1. The van der Waals surface area contributed by atoms with Crippen LogP contribution in [0.2, 0.25) is 5.02 Å². The van der Waals surface area contributed by atoms with Gasteiger partial charge in [0.1, 0.15) is 11.9 Å². The lowest BCUT2D eigenvalue weighted by Crippen LogP contribution is -2.38. The predicted molar refractivity (Wildman–Crippen MR) is 60.8 cm³/mol. The molecule has 0 atom stereocenters. The van der Waals surface area contributed by atoms with Gasteiger partial charge in [-0.25, -0.2) is 0 Å². The first-order valence-corrected chi connectivity index (χ1v) is 5.58. The first-order valence-electron chi connectivity index (χ1n) is 5.20. The summed E-state index contributed by atoms with van der Waals surface area (Å²) in [6, 6.07) is 5.97. The van der Waals surface area contributed by atoms with E-state index in [0.717, 1.165) is 5.75 Å². The zero-order chi connectivity index (χ0) is 10.8. The Bertz CT molecular complexity index is 345. The molecule has 0 saturated carbocycles. The highest BCUT2D eigenvalue weighted by Crippen LogP contribution is 2.29. The molecule has 3 heteroatoms. The monoisotopic (exact) mass is 226 g/mol. The summed E-state index contributed by atoms with van der Waals surface area (Å²) in [6.45, 7) is 5.63. The summed E-state index contributed by atoms with van der Waals surface area (Å²) in [4.78, 5) is 0. The normalized spacial score (nSPS) is 16.5. The maximum atomic E-state index is 6.13. The van der Waals surface area contributed by atoms with Crippen molar-refractivity contribution >= 4 is 11.6 Å². The van der Waals surface area contributed by atoms with Gasteiger partial charge in [0.05, 0.1) is 18.2 Å². The van der Waals surface area contributed by atoms with Crippen LogP contribution >= 0.6 is 11.6 Å². The molecule has 1 heterocycles. The second-order valence-corrected chi connectivity index (χ2v) is 4.53. The molecule has 0 amide bonds. The minimum Gasteiger partial charge on any atom is -0.484 e.